The predicted molar refractivity (Wildman–Crippen MR) is 55.1 cm³/mol. The van der Waals surface area contributed by atoms with Crippen molar-refractivity contribution in [2.24, 2.45) is 5.92 Å². The first kappa shape index (κ1) is 12.0. The van der Waals surface area contributed by atoms with E-state index in [-0.39, 0.29) is 18.8 Å². The van der Waals surface area contributed by atoms with Crippen LogP contribution in [-0.4, -0.2) is 35.6 Å². The van der Waals surface area contributed by atoms with E-state index in [0.717, 1.165) is 19.3 Å². The predicted octanol–water partition coefficient (Wildman–Crippen LogP) is 1.32. The van der Waals surface area contributed by atoms with Crippen molar-refractivity contribution in [2.75, 3.05) is 13.2 Å². The summed E-state index contributed by atoms with van der Waals surface area (Å²) in [6.45, 7) is 2.92. The minimum absolute atomic E-state index is 0.000231. The van der Waals surface area contributed by atoms with E-state index in [0.29, 0.717) is 18.9 Å². The summed E-state index contributed by atoms with van der Waals surface area (Å²) in [4.78, 5) is 0. The molecule has 0 aromatic rings. The van der Waals surface area contributed by atoms with Gasteiger partial charge >= 0.3 is 0 Å². The second-order valence-electron chi connectivity index (χ2n) is 4.14. The first-order valence-electron chi connectivity index (χ1n) is 5.68. The van der Waals surface area contributed by atoms with E-state index in [1.54, 1.807) is 0 Å². The van der Waals surface area contributed by atoms with Crippen molar-refractivity contribution in [1.29, 1.82) is 0 Å². The Morgan fingerprint density at radius 3 is 2.79 bits per heavy atom. The number of hydrogen-bond donors (Lipinski definition) is 2. The Morgan fingerprint density at radius 2 is 2.14 bits per heavy atom. The normalized spacial score (nSPS) is 33.2. The molecule has 0 aromatic heterocycles. The van der Waals surface area contributed by atoms with E-state index in [1.807, 2.05) is 0 Å². The summed E-state index contributed by atoms with van der Waals surface area (Å²) in [7, 11) is 0. The van der Waals surface area contributed by atoms with Crippen molar-refractivity contribution in [3.8, 4) is 0 Å². The summed E-state index contributed by atoms with van der Waals surface area (Å²) in [5.74, 6) is 0.706. The quantitative estimate of drug-likeness (QED) is 0.661. The summed E-state index contributed by atoms with van der Waals surface area (Å²) in [5.41, 5.74) is 0. The highest BCUT2D eigenvalue weighted by atomic mass is 16.5. The molecule has 0 heterocycles. The van der Waals surface area contributed by atoms with E-state index >= 15 is 0 Å². The van der Waals surface area contributed by atoms with Crippen molar-refractivity contribution in [3.05, 3.63) is 0 Å². The van der Waals surface area contributed by atoms with Crippen LogP contribution in [0.15, 0.2) is 0 Å². The van der Waals surface area contributed by atoms with Crippen LogP contribution >= 0.6 is 0 Å². The molecule has 1 aliphatic carbocycles. The fraction of sp³-hybridized carbons (Fsp3) is 1.00. The first-order chi connectivity index (χ1) is 6.77. The van der Waals surface area contributed by atoms with E-state index < -0.39 is 0 Å². The maximum Gasteiger partial charge on any atom is 0.0836 e. The summed E-state index contributed by atoms with van der Waals surface area (Å²) >= 11 is 0. The van der Waals surface area contributed by atoms with Gasteiger partial charge in [-0.05, 0) is 31.6 Å². The molecule has 0 bridgehead atoms. The van der Waals surface area contributed by atoms with Gasteiger partial charge in [-0.1, -0.05) is 13.3 Å². The van der Waals surface area contributed by atoms with Crippen molar-refractivity contribution in [3.63, 3.8) is 0 Å². The van der Waals surface area contributed by atoms with Gasteiger partial charge in [0.25, 0.3) is 0 Å². The topological polar surface area (TPSA) is 49.7 Å². The second kappa shape index (κ2) is 6.38. The van der Waals surface area contributed by atoms with Crippen LogP contribution < -0.4 is 0 Å². The van der Waals surface area contributed by atoms with Crippen molar-refractivity contribution >= 4 is 0 Å². The van der Waals surface area contributed by atoms with Crippen LogP contribution in [0.5, 0.6) is 0 Å². The smallest absolute Gasteiger partial charge is 0.0836 e. The molecule has 84 valence electrons. The molecule has 1 aliphatic rings. The Hall–Kier alpha value is -0.120. The third kappa shape index (κ3) is 3.56. The van der Waals surface area contributed by atoms with Gasteiger partial charge < -0.3 is 14.9 Å². The maximum atomic E-state index is 9.69. The van der Waals surface area contributed by atoms with Crippen LogP contribution in [0.3, 0.4) is 0 Å². The van der Waals surface area contributed by atoms with Crippen LogP contribution in [0.2, 0.25) is 0 Å². The van der Waals surface area contributed by atoms with Gasteiger partial charge in [0, 0.05) is 13.2 Å². The van der Waals surface area contributed by atoms with Crippen LogP contribution in [-0.2, 0) is 4.74 Å². The lowest BCUT2D eigenvalue weighted by Crippen LogP contribution is -2.36. The molecule has 1 fully saturated rings. The molecule has 0 radical (unpaired) electrons. The molecule has 3 heteroatoms. The molecule has 14 heavy (non-hydrogen) atoms. The van der Waals surface area contributed by atoms with Crippen molar-refractivity contribution in [1.82, 2.24) is 0 Å². The molecule has 3 unspecified atom stereocenters. The minimum atomic E-state index is -0.295. The molecule has 2 N–H and O–H groups in total. The lowest BCUT2D eigenvalue weighted by atomic mass is 9.84. The van der Waals surface area contributed by atoms with Gasteiger partial charge in [0.2, 0.25) is 0 Å². The Morgan fingerprint density at radius 1 is 1.36 bits per heavy atom. The number of rotatable bonds is 5. The maximum absolute atomic E-state index is 9.69. The SMILES string of the molecule is CCC1CCC(O)C(OCCCO)C1. The summed E-state index contributed by atoms with van der Waals surface area (Å²) in [6.07, 6.45) is 4.51. The highest BCUT2D eigenvalue weighted by molar-refractivity contribution is 4.79. The molecule has 0 amide bonds. The zero-order chi connectivity index (χ0) is 10.4. The van der Waals surface area contributed by atoms with E-state index in [4.69, 9.17) is 9.84 Å². The third-order valence-electron chi connectivity index (χ3n) is 3.08. The first-order valence-corrected chi connectivity index (χ1v) is 5.68. The Kier molecular flexibility index (Phi) is 5.45. The molecule has 0 aromatic carbocycles. The third-order valence-corrected chi connectivity index (χ3v) is 3.08. The van der Waals surface area contributed by atoms with Crippen molar-refractivity contribution < 1.29 is 14.9 Å². The molecular weight excluding hydrogens is 180 g/mol. The molecule has 3 nitrogen and oxygen atoms in total. The highest BCUT2D eigenvalue weighted by Gasteiger charge is 2.28. The van der Waals surface area contributed by atoms with E-state index in [1.165, 1.54) is 6.42 Å². The minimum Gasteiger partial charge on any atom is -0.396 e. The van der Waals surface area contributed by atoms with E-state index in [9.17, 15) is 5.11 Å². The van der Waals surface area contributed by atoms with Crippen LogP contribution in [0, 0.1) is 5.92 Å². The van der Waals surface area contributed by atoms with Gasteiger partial charge in [0.15, 0.2) is 0 Å². The van der Waals surface area contributed by atoms with Crippen LogP contribution in [0.25, 0.3) is 0 Å². The zero-order valence-electron chi connectivity index (χ0n) is 8.98. The monoisotopic (exact) mass is 202 g/mol. The average Bonchev–Trinajstić information content (AvgIpc) is 2.21. The molecule has 1 saturated carbocycles. The summed E-state index contributed by atoms with van der Waals surface area (Å²) < 4.78 is 5.56. The summed E-state index contributed by atoms with van der Waals surface area (Å²) in [5, 5.41) is 18.3. The van der Waals surface area contributed by atoms with Gasteiger partial charge in [0.05, 0.1) is 12.2 Å². The Balaban J connectivity index is 2.25. The van der Waals surface area contributed by atoms with Gasteiger partial charge in [-0.3, -0.25) is 0 Å². The van der Waals surface area contributed by atoms with Gasteiger partial charge in [-0.25, -0.2) is 0 Å². The average molecular weight is 202 g/mol. The Bertz CT molecular complexity index is 149. The fourth-order valence-electron chi connectivity index (χ4n) is 2.04. The largest absolute Gasteiger partial charge is 0.396 e. The number of ether oxygens (including phenoxy) is 1. The van der Waals surface area contributed by atoms with Crippen LogP contribution in [0.4, 0.5) is 0 Å². The molecule has 0 aliphatic heterocycles. The molecule has 3 atom stereocenters. The van der Waals surface area contributed by atoms with Gasteiger partial charge in [-0.15, -0.1) is 0 Å². The molecule has 0 saturated heterocycles. The Labute approximate surface area is 86.1 Å². The fourth-order valence-corrected chi connectivity index (χ4v) is 2.04. The zero-order valence-corrected chi connectivity index (χ0v) is 8.98. The summed E-state index contributed by atoms with van der Waals surface area (Å²) in [6, 6.07) is 0. The molecule has 1 rings (SSSR count). The molecule has 0 spiro atoms. The number of aliphatic hydroxyl groups is 2. The number of aliphatic hydroxyl groups excluding tert-OH is 2. The lowest BCUT2D eigenvalue weighted by molar-refractivity contribution is -0.0738. The molecular formula is C11H22O3. The number of hydrogen-bond acceptors (Lipinski definition) is 3. The van der Waals surface area contributed by atoms with Crippen LogP contribution in [0.1, 0.15) is 39.0 Å². The van der Waals surface area contributed by atoms with E-state index in [2.05, 4.69) is 6.92 Å². The standard InChI is InChI=1S/C11H22O3/c1-2-9-4-5-10(13)11(8-9)14-7-3-6-12/h9-13H,2-8H2,1H3. The second-order valence-corrected chi connectivity index (χ2v) is 4.14. The highest BCUT2D eigenvalue weighted by Crippen LogP contribution is 2.28. The van der Waals surface area contributed by atoms with Gasteiger partial charge in [0.1, 0.15) is 0 Å². The lowest BCUT2D eigenvalue weighted by Gasteiger charge is -2.32. The van der Waals surface area contributed by atoms with Gasteiger partial charge in [-0.2, -0.15) is 0 Å². The van der Waals surface area contributed by atoms with Crippen molar-refractivity contribution in [2.45, 2.75) is 51.2 Å².